The minimum Gasteiger partial charge on any atom is -0.465 e. The number of urea groups is 1. The van der Waals surface area contributed by atoms with Gasteiger partial charge in [0.15, 0.2) is 0 Å². The van der Waals surface area contributed by atoms with Gasteiger partial charge in [-0.3, -0.25) is 0 Å². The summed E-state index contributed by atoms with van der Waals surface area (Å²) < 4.78 is 4.67. The summed E-state index contributed by atoms with van der Waals surface area (Å²) in [4.78, 5) is 23.7. The van der Waals surface area contributed by atoms with E-state index < -0.39 is 0 Å². The molecule has 2 N–H and O–H groups in total. The molecule has 25 heavy (non-hydrogen) atoms. The number of ether oxygens (including phenoxy) is 1. The highest BCUT2D eigenvalue weighted by Gasteiger charge is 2.33. The molecule has 1 atom stereocenters. The Hall–Kier alpha value is -2.82. The van der Waals surface area contributed by atoms with Gasteiger partial charge in [-0.2, -0.15) is 0 Å². The number of methoxy groups -OCH3 is 1. The summed E-state index contributed by atoms with van der Waals surface area (Å²) in [7, 11) is 1.35. The van der Waals surface area contributed by atoms with Crippen LogP contribution in [0.2, 0.25) is 0 Å². The quantitative estimate of drug-likeness (QED) is 0.793. The van der Waals surface area contributed by atoms with Crippen LogP contribution in [0.5, 0.6) is 0 Å². The lowest BCUT2D eigenvalue weighted by Gasteiger charge is -2.19. The molecule has 1 aliphatic rings. The maximum absolute atomic E-state index is 12.3. The Morgan fingerprint density at radius 3 is 2.36 bits per heavy atom. The lowest BCUT2D eigenvalue weighted by atomic mass is 10.0. The van der Waals surface area contributed by atoms with E-state index >= 15 is 0 Å². The van der Waals surface area contributed by atoms with Gasteiger partial charge in [0.1, 0.15) is 0 Å². The van der Waals surface area contributed by atoms with E-state index in [4.69, 9.17) is 0 Å². The summed E-state index contributed by atoms with van der Waals surface area (Å²) >= 11 is 0. The molecule has 0 unspecified atom stereocenters. The van der Waals surface area contributed by atoms with E-state index in [0.717, 1.165) is 24.0 Å². The highest BCUT2D eigenvalue weighted by Crippen LogP contribution is 2.40. The first-order valence-corrected chi connectivity index (χ1v) is 8.44. The van der Waals surface area contributed by atoms with Crippen molar-refractivity contribution in [2.45, 2.75) is 25.4 Å². The van der Waals surface area contributed by atoms with Crippen LogP contribution in [0.1, 0.15) is 40.4 Å². The third-order valence-corrected chi connectivity index (χ3v) is 4.37. The number of carbonyl (C=O) groups is 2. The summed E-state index contributed by atoms with van der Waals surface area (Å²) in [5, 5.41) is 5.96. The molecule has 2 amide bonds. The third kappa shape index (κ3) is 4.59. The fourth-order valence-electron chi connectivity index (χ4n) is 2.81. The van der Waals surface area contributed by atoms with Crippen molar-refractivity contribution in [1.82, 2.24) is 10.6 Å². The normalized spacial score (nSPS) is 14.4. The largest absolute Gasteiger partial charge is 0.465 e. The summed E-state index contributed by atoms with van der Waals surface area (Å²) in [6, 6.07) is 16.9. The molecule has 0 radical (unpaired) electrons. The minimum atomic E-state index is -0.368. The first-order valence-electron chi connectivity index (χ1n) is 8.44. The molecule has 2 aromatic carbocycles. The van der Waals surface area contributed by atoms with Crippen molar-refractivity contribution in [3.05, 3.63) is 71.3 Å². The third-order valence-electron chi connectivity index (χ3n) is 4.37. The Morgan fingerprint density at radius 1 is 1.08 bits per heavy atom. The second kappa shape index (κ2) is 7.83. The number of esters is 1. The zero-order chi connectivity index (χ0) is 17.6. The molecule has 3 rings (SSSR count). The van der Waals surface area contributed by atoms with Crippen molar-refractivity contribution in [2.75, 3.05) is 7.11 Å². The zero-order valence-corrected chi connectivity index (χ0v) is 14.2. The maximum atomic E-state index is 12.3. The first kappa shape index (κ1) is 17.0. The van der Waals surface area contributed by atoms with E-state index in [9.17, 15) is 9.59 Å². The van der Waals surface area contributed by atoms with Crippen LogP contribution >= 0.6 is 0 Å². The SMILES string of the molecule is COC(=O)c1ccc(CNC(=O)N[C@H](c2ccccc2)C2CC2)cc1. The molecular formula is C20H22N2O3. The molecule has 130 valence electrons. The van der Waals surface area contributed by atoms with E-state index in [0.29, 0.717) is 18.0 Å². The fraction of sp³-hybridized carbons (Fsp3) is 0.300. The molecule has 1 fully saturated rings. The first-order chi connectivity index (χ1) is 12.2. The van der Waals surface area contributed by atoms with Crippen molar-refractivity contribution in [1.29, 1.82) is 0 Å². The second-order valence-corrected chi connectivity index (χ2v) is 6.24. The average Bonchev–Trinajstić information content (AvgIpc) is 3.50. The van der Waals surface area contributed by atoms with Gasteiger partial charge in [-0.25, -0.2) is 9.59 Å². The molecule has 5 heteroatoms. The molecular weight excluding hydrogens is 316 g/mol. The Bertz CT molecular complexity index is 724. The Balaban J connectivity index is 1.54. The predicted molar refractivity (Wildman–Crippen MR) is 95.1 cm³/mol. The number of carbonyl (C=O) groups excluding carboxylic acids is 2. The lowest BCUT2D eigenvalue weighted by Crippen LogP contribution is -2.38. The van der Waals surface area contributed by atoms with Crippen LogP contribution in [-0.2, 0) is 11.3 Å². The Morgan fingerprint density at radius 2 is 1.76 bits per heavy atom. The molecule has 0 aliphatic heterocycles. The van der Waals surface area contributed by atoms with Crippen LogP contribution < -0.4 is 10.6 Å². The van der Waals surface area contributed by atoms with Crippen LogP contribution in [0.4, 0.5) is 4.79 Å². The number of rotatable bonds is 6. The van der Waals surface area contributed by atoms with E-state index in [1.165, 1.54) is 7.11 Å². The molecule has 2 aromatic rings. The smallest absolute Gasteiger partial charge is 0.337 e. The van der Waals surface area contributed by atoms with E-state index in [2.05, 4.69) is 27.5 Å². The van der Waals surface area contributed by atoms with E-state index in [-0.39, 0.29) is 18.0 Å². The standard InChI is InChI=1S/C20H22N2O3/c1-25-19(23)17-9-7-14(8-10-17)13-21-20(24)22-18(16-11-12-16)15-5-3-2-4-6-15/h2-10,16,18H,11-13H2,1H3,(H2,21,22,24)/t18-/m1/s1. The predicted octanol–water partition coefficient (Wildman–Crippen LogP) is 3.42. The van der Waals surface area contributed by atoms with Crippen LogP contribution in [-0.4, -0.2) is 19.1 Å². The Labute approximate surface area is 147 Å². The lowest BCUT2D eigenvalue weighted by molar-refractivity contribution is 0.0600. The van der Waals surface area contributed by atoms with Gasteiger partial charge in [0.05, 0.1) is 18.7 Å². The summed E-state index contributed by atoms with van der Waals surface area (Å²) in [5.41, 5.74) is 2.56. The summed E-state index contributed by atoms with van der Waals surface area (Å²) in [6.07, 6.45) is 2.30. The Kier molecular flexibility index (Phi) is 5.33. The van der Waals surface area contributed by atoms with E-state index in [1.54, 1.807) is 12.1 Å². The molecule has 1 saturated carbocycles. The minimum absolute atomic E-state index is 0.0582. The molecule has 5 nitrogen and oxygen atoms in total. The average molecular weight is 338 g/mol. The number of amides is 2. The molecule has 1 aliphatic carbocycles. The van der Waals surface area contributed by atoms with Gasteiger partial charge in [-0.1, -0.05) is 42.5 Å². The number of benzene rings is 2. The van der Waals surface area contributed by atoms with Crippen LogP contribution in [0.15, 0.2) is 54.6 Å². The zero-order valence-electron chi connectivity index (χ0n) is 14.2. The van der Waals surface area contributed by atoms with Crippen molar-refractivity contribution in [2.24, 2.45) is 5.92 Å². The molecule has 0 bridgehead atoms. The van der Waals surface area contributed by atoms with Crippen molar-refractivity contribution in [3.8, 4) is 0 Å². The van der Waals surface area contributed by atoms with Gasteiger partial charge in [0.2, 0.25) is 0 Å². The summed E-state index contributed by atoms with van der Waals surface area (Å²) in [5.74, 6) is 0.153. The van der Waals surface area contributed by atoms with Gasteiger partial charge in [0, 0.05) is 6.54 Å². The fourth-order valence-corrected chi connectivity index (χ4v) is 2.81. The molecule has 0 heterocycles. The van der Waals surface area contributed by atoms with Crippen molar-refractivity contribution >= 4 is 12.0 Å². The van der Waals surface area contributed by atoms with Crippen molar-refractivity contribution < 1.29 is 14.3 Å². The second-order valence-electron chi connectivity index (χ2n) is 6.24. The monoisotopic (exact) mass is 338 g/mol. The maximum Gasteiger partial charge on any atom is 0.337 e. The highest BCUT2D eigenvalue weighted by atomic mass is 16.5. The van der Waals surface area contributed by atoms with Gasteiger partial charge >= 0.3 is 12.0 Å². The number of hydrogen-bond donors (Lipinski definition) is 2. The van der Waals surface area contributed by atoms with Gasteiger partial charge < -0.3 is 15.4 Å². The van der Waals surface area contributed by atoms with Crippen molar-refractivity contribution in [3.63, 3.8) is 0 Å². The van der Waals surface area contributed by atoms with Gasteiger partial charge in [-0.05, 0) is 42.0 Å². The van der Waals surface area contributed by atoms with Gasteiger partial charge in [0.25, 0.3) is 0 Å². The van der Waals surface area contributed by atoms with Gasteiger partial charge in [-0.15, -0.1) is 0 Å². The topological polar surface area (TPSA) is 67.4 Å². The molecule has 0 aromatic heterocycles. The van der Waals surface area contributed by atoms with Crippen LogP contribution in [0.3, 0.4) is 0 Å². The van der Waals surface area contributed by atoms with Crippen LogP contribution in [0, 0.1) is 5.92 Å². The highest BCUT2D eigenvalue weighted by molar-refractivity contribution is 5.89. The van der Waals surface area contributed by atoms with E-state index in [1.807, 2.05) is 30.3 Å². The summed E-state index contributed by atoms with van der Waals surface area (Å²) in [6.45, 7) is 0.402. The van der Waals surface area contributed by atoms with Crippen LogP contribution in [0.25, 0.3) is 0 Å². The number of hydrogen-bond acceptors (Lipinski definition) is 3. The molecule has 0 spiro atoms. The molecule has 0 saturated heterocycles. The number of nitrogens with one attached hydrogen (secondary N) is 2.